The summed E-state index contributed by atoms with van der Waals surface area (Å²) in [5.41, 5.74) is -0.104. The third kappa shape index (κ3) is 7.82. The van der Waals surface area contributed by atoms with Crippen LogP contribution in [0.15, 0.2) is 0 Å². The molecule has 0 aliphatic rings. The van der Waals surface area contributed by atoms with E-state index >= 15 is 0 Å². The van der Waals surface area contributed by atoms with E-state index in [2.05, 4.69) is 6.92 Å². The van der Waals surface area contributed by atoms with Crippen molar-refractivity contribution < 1.29 is 9.47 Å². The van der Waals surface area contributed by atoms with Gasteiger partial charge < -0.3 is 9.47 Å². The Bertz CT molecular complexity index is 94.2. The third-order valence-corrected chi connectivity index (χ3v) is 1.08. The van der Waals surface area contributed by atoms with Gasteiger partial charge in [-0.1, -0.05) is 6.92 Å². The van der Waals surface area contributed by atoms with E-state index in [0.717, 1.165) is 13.0 Å². The van der Waals surface area contributed by atoms with E-state index in [1.54, 1.807) is 0 Å². The molecule has 0 aromatic heterocycles. The van der Waals surface area contributed by atoms with Gasteiger partial charge in [0.05, 0.1) is 5.60 Å². The van der Waals surface area contributed by atoms with Gasteiger partial charge in [-0.3, -0.25) is 0 Å². The van der Waals surface area contributed by atoms with Crippen LogP contribution < -0.4 is 0 Å². The molecule has 0 radical (unpaired) electrons. The molecular weight excluding hydrogens is 140 g/mol. The molecule has 1 unspecified atom stereocenters. The van der Waals surface area contributed by atoms with Crippen LogP contribution in [0.1, 0.15) is 41.0 Å². The third-order valence-electron chi connectivity index (χ3n) is 1.08. The van der Waals surface area contributed by atoms with Gasteiger partial charge in [-0.25, -0.2) is 0 Å². The second-order valence-electron chi connectivity index (χ2n) is 3.67. The van der Waals surface area contributed by atoms with Crippen LogP contribution in [0.4, 0.5) is 0 Å². The van der Waals surface area contributed by atoms with Crippen LogP contribution in [-0.4, -0.2) is 18.5 Å². The molecule has 11 heavy (non-hydrogen) atoms. The molecule has 0 spiro atoms. The second-order valence-corrected chi connectivity index (χ2v) is 3.67. The molecule has 0 saturated heterocycles. The molecule has 0 aromatic rings. The highest BCUT2D eigenvalue weighted by molar-refractivity contribution is 4.58. The summed E-state index contributed by atoms with van der Waals surface area (Å²) in [4.78, 5) is 0. The van der Waals surface area contributed by atoms with Crippen molar-refractivity contribution in [3.63, 3.8) is 0 Å². The Kier molecular flexibility index (Phi) is 4.69. The summed E-state index contributed by atoms with van der Waals surface area (Å²) in [5.74, 6) is 0. The number of hydrogen-bond acceptors (Lipinski definition) is 2. The van der Waals surface area contributed by atoms with Gasteiger partial charge in [0, 0.05) is 6.61 Å². The Hall–Kier alpha value is -0.0800. The van der Waals surface area contributed by atoms with Gasteiger partial charge in [0.1, 0.15) is 0 Å². The quantitative estimate of drug-likeness (QED) is 0.588. The lowest BCUT2D eigenvalue weighted by molar-refractivity contribution is -0.184. The number of rotatable bonds is 4. The van der Waals surface area contributed by atoms with E-state index in [1.165, 1.54) is 0 Å². The van der Waals surface area contributed by atoms with E-state index in [4.69, 9.17) is 9.47 Å². The first-order valence-electron chi connectivity index (χ1n) is 4.25. The normalized spacial score (nSPS) is 15.0. The van der Waals surface area contributed by atoms with Crippen molar-refractivity contribution in [1.82, 2.24) is 0 Å². The molecule has 0 aromatic carbocycles. The maximum atomic E-state index is 5.52. The van der Waals surface area contributed by atoms with Gasteiger partial charge in [0.15, 0.2) is 6.29 Å². The molecule has 0 fully saturated rings. The van der Waals surface area contributed by atoms with Crippen molar-refractivity contribution >= 4 is 0 Å². The molecule has 1 atom stereocenters. The average Bonchev–Trinajstić information content (AvgIpc) is 1.79. The standard InChI is InChI=1S/C9H20O2/c1-6-7-10-8(2)11-9(3,4)5/h8H,6-7H2,1-5H3. The van der Waals surface area contributed by atoms with E-state index < -0.39 is 0 Å². The van der Waals surface area contributed by atoms with Crippen molar-refractivity contribution in [2.75, 3.05) is 6.61 Å². The maximum absolute atomic E-state index is 5.52. The maximum Gasteiger partial charge on any atom is 0.155 e. The monoisotopic (exact) mass is 160 g/mol. The summed E-state index contributed by atoms with van der Waals surface area (Å²) in [7, 11) is 0. The Morgan fingerprint density at radius 1 is 1.27 bits per heavy atom. The molecule has 0 heterocycles. The van der Waals surface area contributed by atoms with Gasteiger partial charge in [-0.15, -0.1) is 0 Å². The zero-order valence-corrected chi connectivity index (χ0v) is 8.31. The van der Waals surface area contributed by atoms with E-state index in [-0.39, 0.29) is 11.9 Å². The van der Waals surface area contributed by atoms with Crippen LogP contribution in [0.25, 0.3) is 0 Å². The molecule has 0 amide bonds. The molecule has 0 bridgehead atoms. The molecule has 2 heteroatoms. The first-order chi connectivity index (χ1) is 4.95. The van der Waals surface area contributed by atoms with E-state index in [0.29, 0.717) is 0 Å². The smallest absolute Gasteiger partial charge is 0.155 e. The Morgan fingerprint density at radius 3 is 2.18 bits per heavy atom. The fraction of sp³-hybridized carbons (Fsp3) is 1.00. The predicted molar refractivity (Wildman–Crippen MR) is 46.5 cm³/mol. The summed E-state index contributed by atoms with van der Waals surface area (Å²) < 4.78 is 10.9. The molecule has 0 aliphatic carbocycles. The van der Waals surface area contributed by atoms with Crippen molar-refractivity contribution in [1.29, 1.82) is 0 Å². The molecule has 0 saturated carbocycles. The lowest BCUT2D eigenvalue weighted by atomic mass is 10.2. The van der Waals surface area contributed by atoms with Gasteiger partial charge >= 0.3 is 0 Å². The zero-order chi connectivity index (χ0) is 8.91. The van der Waals surface area contributed by atoms with Crippen molar-refractivity contribution in [3.05, 3.63) is 0 Å². The number of hydrogen-bond donors (Lipinski definition) is 0. The summed E-state index contributed by atoms with van der Waals surface area (Å²) in [6.07, 6.45) is 0.952. The fourth-order valence-corrected chi connectivity index (χ4v) is 0.816. The minimum absolute atomic E-state index is 0.0880. The van der Waals surface area contributed by atoms with Crippen LogP contribution in [-0.2, 0) is 9.47 Å². The lowest BCUT2D eigenvalue weighted by Gasteiger charge is -2.24. The molecule has 0 N–H and O–H groups in total. The van der Waals surface area contributed by atoms with Gasteiger partial charge in [-0.2, -0.15) is 0 Å². The molecule has 68 valence electrons. The zero-order valence-electron chi connectivity index (χ0n) is 8.31. The summed E-state index contributed by atoms with van der Waals surface area (Å²) in [5, 5.41) is 0. The van der Waals surface area contributed by atoms with E-state index in [9.17, 15) is 0 Å². The van der Waals surface area contributed by atoms with Gasteiger partial charge in [0.2, 0.25) is 0 Å². The van der Waals surface area contributed by atoms with Crippen molar-refractivity contribution in [3.8, 4) is 0 Å². The highest BCUT2D eigenvalue weighted by Crippen LogP contribution is 2.11. The van der Waals surface area contributed by atoms with Gasteiger partial charge in [0.25, 0.3) is 0 Å². The highest BCUT2D eigenvalue weighted by Gasteiger charge is 2.14. The SMILES string of the molecule is CCCOC(C)OC(C)(C)C. The molecule has 2 nitrogen and oxygen atoms in total. The molecular formula is C9H20O2. The van der Waals surface area contributed by atoms with Crippen LogP contribution in [0.2, 0.25) is 0 Å². The summed E-state index contributed by atoms with van der Waals surface area (Å²) >= 11 is 0. The van der Waals surface area contributed by atoms with Crippen molar-refractivity contribution in [2.45, 2.75) is 52.9 Å². The minimum atomic E-state index is -0.104. The van der Waals surface area contributed by atoms with Gasteiger partial charge in [-0.05, 0) is 34.1 Å². The van der Waals surface area contributed by atoms with Crippen molar-refractivity contribution in [2.24, 2.45) is 0 Å². The molecule has 0 rings (SSSR count). The molecule has 0 aliphatic heterocycles. The topological polar surface area (TPSA) is 18.5 Å². The Morgan fingerprint density at radius 2 is 1.82 bits per heavy atom. The largest absolute Gasteiger partial charge is 0.353 e. The Balaban J connectivity index is 3.44. The Labute approximate surface area is 69.9 Å². The first-order valence-corrected chi connectivity index (χ1v) is 4.25. The highest BCUT2D eigenvalue weighted by atomic mass is 16.7. The summed E-state index contributed by atoms with van der Waals surface area (Å²) in [6.45, 7) is 10.9. The number of ether oxygens (including phenoxy) is 2. The van der Waals surface area contributed by atoms with Crippen LogP contribution in [0.3, 0.4) is 0 Å². The summed E-state index contributed by atoms with van der Waals surface area (Å²) in [6, 6.07) is 0. The average molecular weight is 160 g/mol. The second kappa shape index (κ2) is 4.73. The first kappa shape index (κ1) is 10.9. The lowest BCUT2D eigenvalue weighted by Crippen LogP contribution is -2.27. The fourth-order valence-electron chi connectivity index (χ4n) is 0.816. The van der Waals surface area contributed by atoms with Crippen LogP contribution in [0.5, 0.6) is 0 Å². The van der Waals surface area contributed by atoms with Crippen LogP contribution in [0, 0.1) is 0 Å². The van der Waals surface area contributed by atoms with Crippen LogP contribution >= 0.6 is 0 Å². The van der Waals surface area contributed by atoms with E-state index in [1.807, 2.05) is 27.7 Å². The predicted octanol–water partition coefficient (Wildman–Crippen LogP) is 2.57. The minimum Gasteiger partial charge on any atom is -0.353 e.